The molecule has 5 aromatic rings. The first-order valence-corrected chi connectivity index (χ1v) is 11.7. The van der Waals surface area contributed by atoms with E-state index >= 15 is 0 Å². The molecule has 5 rings (SSSR count). The van der Waals surface area contributed by atoms with Crippen molar-refractivity contribution in [3.8, 4) is 16.3 Å². The minimum Gasteiger partial charge on any atom is -0.496 e. The summed E-state index contributed by atoms with van der Waals surface area (Å²) < 4.78 is 7.48. The Kier molecular flexibility index (Phi) is 5.70. The van der Waals surface area contributed by atoms with Gasteiger partial charge in [-0.1, -0.05) is 47.7 Å². The van der Waals surface area contributed by atoms with E-state index in [4.69, 9.17) is 14.7 Å². The van der Waals surface area contributed by atoms with Crippen LogP contribution in [0, 0.1) is 0 Å². The van der Waals surface area contributed by atoms with Gasteiger partial charge < -0.3 is 19.9 Å². The van der Waals surface area contributed by atoms with Crippen LogP contribution in [0.3, 0.4) is 0 Å². The van der Waals surface area contributed by atoms with Gasteiger partial charge in [0.15, 0.2) is 5.82 Å². The molecular formula is C25H26N6OS. The molecule has 0 spiro atoms. The molecule has 0 radical (unpaired) electrons. The van der Waals surface area contributed by atoms with Gasteiger partial charge in [0, 0.05) is 37.8 Å². The van der Waals surface area contributed by atoms with E-state index in [1.165, 1.54) is 5.56 Å². The zero-order valence-corrected chi connectivity index (χ0v) is 19.9. The van der Waals surface area contributed by atoms with Gasteiger partial charge in [0.25, 0.3) is 0 Å². The molecule has 168 valence electrons. The Morgan fingerprint density at radius 2 is 1.94 bits per heavy atom. The Labute approximate surface area is 196 Å². The van der Waals surface area contributed by atoms with Crippen molar-refractivity contribution in [3.63, 3.8) is 0 Å². The van der Waals surface area contributed by atoms with Crippen LogP contribution in [0.15, 0.2) is 54.9 Å². The number of aryl methyl sites for hydroxylation is 1. The van der Waals surface area contributed by atoms with Gasteiger partial charge in [0.1, 0.15) is 32.1 Å². The van der Waals surface area contributed by atoms with Gasteiger partial charge in [0.2, 0.25) is 0 Å². The smallest absolute Gasteiger partial charge is 0.155 e. The first kappa shape index (κ1) is 21.4. The number of hydrogen-bond acceptors (Lipinski definition) is 7. The standard InChI is InChI=1S/C25H26N6OS/c1-15(27-13-18-8-5-6-11-19(18)32-4)16-9-7-10-17(12-16)24-29-21-22-20(28-14-31(22)3)23(26-2)30-25(21)33-24/h5-12,14-15,27H,13H2,1-4H3,(H,26,30). The first-order chi connectivity index (χ1) is 16.1. The van der Waals surface area contributed by atoms with Gasteiger partial charge in [-0.3, -0.25) is 0 Å². The summed E-state index contributed by atoms with van der Waals surface area (Å²) in [6, 6.07) is 16.8. The SMILES string of the molecule is CNc1nc2sc(-c3cccc(C(C)NCc4ccccc4OC)c3)nc2c2c1ncn2C. The highest BCUT2D eigenvalue weighted by Crippen LogP contribution is 2.35. The van der Waals surface area contributed by atoms with Crippen LogP contribution >= 0.6 is 11.3 Å². The highest BCUT2D eigenvalue weighted by atomic mass is 32.1. The predicted octanol–water partition coefficient (Wildman–Crippen LogP) is 5.15. The van der Waals surface area contributed by atoms with Crippen molar-refractivity contribution in [2.75, 3.05) is 19.5 Å². The summed E-state index contributed by atoms with van der Waals surface area (Å²) >= 11 is 1.60. The molecule has 1 atom stereocenters. The number of imidazole rings is 1. The van der Waals surface area contributed by atoms with Crippen LogP contribution in [0.25, 0.3) is 32.0 Å². The number of fused-ring (bicyclic) bond motifs is 3. The van der Waals surface area contributed by atoms with Crippen LogP contribution in [0.4, 0.5) is 5.82 Å². The van der Waals surface area contributed by atoms with E-state index in [-0.39, 0.29) is 6.04 Å². The number of aromatic nitrogens is 4. The van der Waals surface area contributed by atoms with E-state index in [0.29, 0.717) is 0 Å². The van der Waals surface area contributed by atoms with Crippen molar-refractivity contribution >= 4 is 38.5 Å². The highest BCUT2D eigenvalue weighted by Gasteiger charge is 2.17. The van der Waals surface area contributed by atoms with Gasteiger partial charge in [0.05, 0.1) is 13.4 Å². The van der Waals surface area contributed by atoms with Crippen molar-refractivity contribution < 1.29 is 4.74 Å². The van der Waals surface area contributed by atoms with E-state index in [1.54, 1.807) is 24.8 Å². The van der Waals surface area contributed by atoms with Gasteiger partial charge >= 0.3 is 0 Å². The lowest BCUT2D eigenvalue weighted by Crippen LogP contribution is -2.18. The molecule has 0 saturated heterocycles. The number of nitrogens with one attached hydrogen (secondary N) is 2. The lowest BCUT2D eigenvalue weighted by molar-refractivity contribution is 0.406. The van der Waals surface area contributed by atoms with E-state index < -0.39 is 0 Å². The van der Waals surface area contributed by atoms with Crippen LogP contribution in [0.2, 0.25) is 0 Å². The molecule has 0 aliphatic heterocycles. The maximum Gasteiger partial charge on any atom is 0.155 e. The van der Waals surface area contributed by atoms with Gasteiger partial charge in [-0.05, 0) is 24.6 Å². The quantitative estimate of drug-likeness (QED) is 0.351. The summed E-state index contributed by atoms with van der Waals surface area (Å²) in [5.41, 5.74) is 6.15. The highest BCUT2D eigenvalue weighted by molar-refractivity contribution is 7.21. The number of para-hydroxylation sites is 1. The molecule has 1 unspecified atom stereocenters. The molecule has 3 aromatic heterocycles. The molecule has 8 heteroatoms. The van der Waals surface area contributed by atoms with Crippen LogP contribution in [-0.4, -0.2) is 33.7 Å². The molecule has 0 bridgehead atoms. The number of pyridine rings is 1. The lowest BCUT2D eigenvalue weighted by Gasteiger charge is -2.16. The van der Waals surface area contributed by atoms with E-state index in [0.717, 1.165) is 55.6 Å². The average Bonchev–Trinajstić information content (AvgIpc) is 3.45. The fourth-order valence-electron chi connectivity index (χ4n) is 4.05. The molecule has 0 aliphatic rings. The lowest BCUT2D eigenvalue weighted by atomic mass is 10.0. The molecule has 2 aromatic carbocycles. The minimum absolute atomic E-state index is 0.169. The first-order valence-electron chi connectivity index (χ1n) is 10.8. The number of ether oxygens (including phenoxy) is 1. The van der Waals surface area contributed by atoms with Crippen LogP contribution in [0.5, 0.6) is 5.75 Å². The minimum atomic E-state index is 0.169. The van der Waals surface area contributed by atoms with E-state index in [2.05, 4.69) is 52.9 Å². The molecule has 0 saturated carbocycles. The fraction of sp³-hybridized carbons (Fsp3) is 0.240. The molecular weight excluding hydrogens is 432 g/mol. The van der Waals surface area contributed by atoms with Crippen molar-refractivity contribution in [2.45, 2.75) is 19.5 Å². The summed E-state index contributed by atoms with van der Waals surface area (Å²) in [5, 5.41) is 7.72. The van der Waals surface area contributed by atoms with Gasteiger partial charge in [-0.15, -0.1) is 0 Å². The monoisotopic (exact) mass is 458 g/mol. The fourth-order valence-corrected chi connectivity index (χ4v) is 4.99. The Hall–Kier alpha value is -3.49. The number of hydrogen-bond donors (Lipinski definition) is 2. The van der Waals surface area contributed by atoms with Crippen molar-refractivity contribution in [1.82, 2.24) is 24.8 Å². The number of rotatable bonds is 7. The maximum absolute atomic E-state index is 5.48. The molecule has 3 heterocycles. The van der Waals surface area contributed by atoms with Crippen LogP contribution in [-0.2, 0) is 13.6 Å². The average molecular weight is 459 g/mol. The number of nitrogens with zero attached hydrogens (tertiary/aromatic N) is 4. The molecule has 2 N–H and O–H groups in total. The van der Waals surface area contributed by atoms with Crippen LogP contribution in [0.1, 0.15) is 24.1 Å². The van der Waals surface area contributed by atoms with Crippen molar-refractivity contribution in [1.29, 1.82) is 0 Å². The largest absolute Gasteiger partial charge is 0.496 e. The number of thiazole rings is 1. The summed E-state index contributed by atoms with van der Waals surface area (Å²) in [6.07, 6.45) is 1.81. The second-order valence-electron chi connectivity index (χ2n) is 7.98. The molecule has 0 amide bonds. The Morgan fingerprint density at radius 1 is 1.09 bits per heavy atom. The summed E-state index contributed by atoms with van der Waals surface area (Å²) in [5.74, 6) is 1.67. The summed E-state index contributed by atoms with van der Waals surface area (Å²) in [7, 11) is 5.56. The molecule has 7 nitrogen and oxygen atoms in total. The molecule has 33 heavy (non-hydrogen) atoms. The van der Waals surface area contributed by atoms with Crippen LogP contribution < -0.4 is 15.4 Å². The molecule has 0 fully saturated rings. The maximum atomic E-state index is 5.48. The second-order valence-corrected chi connectivity index (χ2v) is 8.95. The predicted molar refractivity (Wildman–Crippen MR) is 135 cm³/mol. The third kappa shape index (κ3) is 3.92. The van der Waals surface area contributed by atoms with Crippen molar-refractivity contribution in [3.05, 3.63) is 66.0 Å². The topological polar surface area (TPSA) is 76.9 Å². The van der Waals surface area contributed by atoms with Gasteiger partial charge in [-0.2, -0.15) is 0 Å². The van der Waals surface area contributed by atoms with Crippen molar-refractivity contribution in [2.24, 2.45) is 7.05 Å². The Balaban J connectivity index is 1.45. The summed E-state index contributed by atoms with van der Waals surface area (Å²) in [6.45, 7) is 2.90. The molecule has 0 aliphatic carbocycles. The zero-order chi connectivity index (χ0) is 22.9. The number of anilines is 1. The van der Waals surface area contributed by atoms with E-state index in [1.807, 2.05) is 36.9 Å². The zero-order valence-electron chi connectivity index (χ0n) is 19.1. The third-order valence-electron chi connectivity index (χ3n) is 5.87. The number of methoxy groups -OCH3 is 1. The summed E-state index contributed by atoms with van der Waals surface area (Å²) in [4.78, 5) is 15.1. The van der Waals surface area contributed by atoms with Gasteiger partial charge in [-0.25, -0.2) is 15.0 Å². The normalized spacial score (nSPS) is 12.4. The second kappa shape index (κ2) is 8.80. The Bertz CT molecular complexity index is 1440. The number of benzene rings is 2. The third-order valence-corrected chi connectivity index (χ3v) is 6.87. The van der Waals surface area contributed by atoms with E-state index in [9.17, 15) is 0 Å². The Morgan fingerprint density at radius 3 is 2.76 bits per heavy atom.